The van der Waals surface area contributed by atoms with Gasteiger partial charge in [0.25, 0.3) is 17.7 Å². The first-order valence-corrected chi connectivity index (χ1v) is 13.0. The zero-order chi connectivity index (χ0) is 27.3. The van der Waals surface area contributed by atoms with E-state index < -0.39 is 47.9 Å². The number of esters is 1. The van der Waals surface area contributed by atoms with Crippen molar-refractivity contribution in [2.75, 3.05) is 6.54 Å². The highest BCUT2D eigenvalue weighted by atomic mass is 35.5. The molecule has 1 aromatic heterocycles. The van der Waals surface area contributed by atoms with E-state index in [-0.39, 0.29) is 39.5 Å². The number of furan rings is 1. The Morgan fingerprint density at radius 3 is 2.21 bits per heavy atom. The Hall–Kier alpha value is -4.24. The van der Waals surface area contributed by atoms with Crippen LogP contribution in [0, 0.1) is 23.7 Å². The molecule has 0 spiro atoms. The van der Waals surface area contributed by atoms with Crippen LogP contribution in [-0.4, -0.2) is 46.0 Å². The fraction of sp³-hybridized carbons (Fsp3) is 0.276. The highest BCUT2D eigenvalue weighted by Crippen LogP contribution is 2.56. The van der Waals surface area contributed by atoms with Crippen LogP contribution in [0.5, 0.6) is 5.75 Å². The summed E-state index contributed by atoms with van der Waals surface area (Å²) in [6, 6.07) is 15.0. The molecule has 198 valence electrons. The van der Waals surface area contributed by atoms with Gasteiger partial charge in [-0.25, -0.2) is 9.80 Å². The molecule has 4 atom stereocenters. The number of halogens is 1. The van der Waals surface area contributed by atoms with Crippen LogP contribution >= 0.6 is 11.6 Å². The maximum Gasteiger partial charge on any atom is 0.379 e. The molecule has 2 aromatic carbocycles. The number of rotatable bonds is 7. The van der Waals surface area contributed by atoms with E-state index in [0.717, 1.165) is 29.3 Å². The molecule has 3 fully saturated rings. The van der Waals surface area contributed by atoms with Gasteiger partial charge in [0.2, 0.25) is 5.76 Å². The SMILES string of the molecule is O=C(CN(C(=O)c1ccccc1Cl)N1C(=O)[C@@H]2[C@@H]3CC[C@@H](C3)[C@@H]2C1=O)c1ccc(OC(=O)c2ccco2)cc1. The third-order valence-electron chi connectivity index (χ3n) is 7.89. The topological polar surface area (TPSA) is 114 Å². The summed E-state index contributed by atoms with van der Waals surface area (Å²) in [5, 5.41) is 1.95. The smallest absolute Gasteiger partial charge is 0.379 e. The molecule has 10 heteroatoms. The van der Waals surface area contributed by atoms with Crippen molar-refractivity contribution in [3.63, 3.8) is 0 Å². The van der Waals surface area contributed by atoms with Crippen molar-refractivity contribution >= 4 is 41.1 Å². The number of imide groups is 1. The van der Waals surface area contributed by atoms with Gasteiger partial charge in [0.05, 0.1) is 28.7 Å². The van der Waals surface area contributed by atoms with E-state index in [1.165, 1.54) is 48.7 Å². The number of fused-ring (bicyclic) bond motifs is 5. The van der Waals surface area contributed by atoms with Gasteiger partial charge in [-0.1, -0.05) is 23.7 Å². The number of carbonyl (C=O) groups excluding carboxylic acids is 5. The molecule has 0 radical (unpaired) electrons. The molecule has 2 heterocycles. The molecule has 9 nitrogen and oxygen atoms in total. The van der Waals surface area contributed by atoms with Crippen LogP contribution in [0.4, 0.5) is 0 Å². The van der Waals surface area contributed by atoms with Crippen LogP contribution in [-0.2, 0) is 9.59 Å². The monoisotopic (exact) mass is 546 g/mol. The second-order valence-corrected chi connectivity index (χ2v) is 10.4. The van der Waals surface area contributed by atoms with Crippen LogP contribution < -0.4 is 4.74 Å². The van der Waals surface area contributed by atoms with Gasteiger partial charge in [-0.2, -0.15) is 5.01 Å². The first-order chi connectivity index (χ1) is 18.8. The summed E-state index contributed by atoms with van der Waals surface area (Å²) < 4.78 is 10.3. The Morgan fingerprint density at radius 1 is 0.923 bits per heavy atom. The number of hydrogen-bond donors (Lipinski definition) is 0. The zero-order valence-corrected chi connectivity index (χ0v) is 21.4. The Kier molecular flexibility index (Phi) is 6.31. The maximum atomic E-state index is 13.7. The minimum Gasteiger partial charge on any atom is -0.457 e. The Bertz CT molecular complexity index is 1460. The molecule has 3 amide bonds. The van der Waals surface area contributed by atoms with Gasteiger partial charge in [-0.05, 0) is 79.6 Å². The maximum absolute atomic E-state index is 13.7. The van der Waals surface area contributed by atoms with E-state index in [2.05, 4.69) is 0 Å². The minimum absolute atomic E-state index is 0.0297. The summed E-state index contributed by atoms with van der Waals surface area (Å²) in [6.45, 7) is -0.554. The lowest BCUT2D eigenvalue weighted by Crippen LogP contribution is -2.52. The van der Waals surface area contributed by atoms with Crippen molar-refractivity contribution in [1.82, 2.24) is 10.0 Å². The molecule has 6 rings (SSSR count). The lowest BCUT2D eigenvalue weighted by Gasteiger charge is -2.31. The van der Waals surface area contributed by atoms with Gasteiger partial charge in [0, 0.05) is 5.56 Å². The molecule has 2 aliphatic carbocycles. The van der Waals surface area contributed by atoms with E-state index in [9.17, 15) is 24.0 Å². The van der Waals surface area contributed by atoms with Crippen molar-refractivity contribution in [3.05, 3.63) is 88.8 Å². The van der Waals surface area contributed by atoms with Crippen LogP contribution in [0.25, 0.3) is 0 Å². The lowest BCUT2D eigenvalue weighted by molar-refractivity contribution is -0.155. The molecule has 2 saturated carbocycles. The highest BCUT2D eigenvalue weighted by molar-refractivity contribution is 6.34. The number of Topliss-reactive ketones (excluding diaryl/α,β-unsaturated/α-hetero) is 1. The second kappa shape index (κ2) is 9.81. The molecular weight excluding hydrogens is 524 g/mol. The molecule has 1 saturated heterocycles. The van der Waals surface area contributed by atoms with Gasteiger partial charge in [-0.15, -0.1) is 0 Å². The summed E-state index contributed by atoms with van der Waals surface area (Å²) in [6.07, 6.45) is 3.95. The quantitative estimate of drug-likeness (QED) is 0.186. The van der Waals surface area contributed by atoms with Crippen molar-refractivity contribution in [2.45, 2.75) is 19.3 Å². The molecule has 3 aromatic rings. The van der Waals surface area contributed by atoms with Gasteiger partial charge in [0.15, 0.2) is 5.78 Å². The number of hydrogen-bond acceptors (Lipinski definition) is 7. The number of benzene rings is 2. The third-order valence-corrected chi connectivity index (χ3v) is 8.22. The van der Waals surface area contributed by atoms with Crippen LogP contribution in [0.1, 0.15) is 50.5 Å². The minimum atomic E-state index is -0.716. The largest absolute Gasteiger partial charge is 0.457 e. The average molecular weight is 547 g/mol. The normalized spacial score (nSPS) is 23.2. The molecule has 2 bridgehead atoms. The van der Waals surface area contributed by atoms with E-state index in [0.29, 0.717) is 0 Å². The summed E-state index contributed by atoms with van der Waals surface area (Å²) in [5.74, 6) is -3.28. The van der Waals surface area contributed by atoms with Gasteiger partial charge < -0.3 is 9.15 Å². The van der Waals surface area contributed by atoms with Gasteiger partial charge in [-0.3, -0.25) is 19.2 Å². The molecular formula is C29H23ClN2O7. The summed E-state index contributed by atoms with van der Waals surface area (Å²) in [4.78, 5) is 66.2. The van der Waals surface area contributed by atoms with Gasteiger partial charge >= 0.3 is 5.97 Å². The standard InChI is InChI=1S/C29H23ClN2O7/c30-21-5-2-1-4-20(21)26(34)31(32-27(35)24-17-7-8-18(14-17)25(24)28(32)36)15-22(33)16-9-11-19(12-10-16)39-29(37)23-6-3-13-38-23/h1-6,9-13,17-18,24-25H,7-8,14-15H2/t17-,18+,24-,25+. The van der Waals surface area contributed by atoms with Crippen molar-refractivity contribution < 1.29 is 33.1 Å². The van der Waals surface area contributed by atoms with Crippen molar-refractivity contribution in [2.24, 2.45) is 23.7 Å². The molecule has 0 N–H and O–H groups in total. The van der Waals surface area contributed by atoms with Crippen LogP contribution in [0.2, 0.25) is 5.02 Å². The number of nitrogens with zero attached hydrogens (tertiary/aromatic N) is 2. The Morgan fingerprint density at radius 2 is 1.59 bits per heavy atom. The number of ketones is 1. The first kappa shape index (κ1) is 25.1. The fourth-order valence-electron chi connectivity index (χ4n) is 6.13. The summed E-state index contributed by atoms with van der Waals surface area (Å²) in [5.41, 5.74) is 0.275. The van der Waals surface area contributed by atoms with Crippen molar-refractivity contribution in [1.29, 1.82) is 0 Å². The molecule has 3 aliphatic rings. The first-order valence-electron chi connectivity index (χ1n) is 12.7. The predicted octanol–water partition coefficient (Wildman–Crippen LogP) is 4.42. The van der Waals surface area contributed by atoms with Gasteiger partial charge in [0.1, 0.15) is 12.3 Å². The number of amides is 3. The van der Waals surface area contributed by atoms with E-state index in [4.69, 9.17) is 20.8 Å². The van der Waals surface area contributed by atoms with E-state index in [1.54, 1.807) is 18.2 Å². The molecule has 1 aliphatic heterocycles. The van der Waals surface area contributed by atoms with Crippen LogP contribution in [0.3, 0.4) is 0 Å². The Balaban J connectivity index is 1.26. The zero-order valence-electron chi connectivity index (χ0n) is 20.6. The highest BCUT2D eigenvalue weighted by Gasteiger charge is 2.62. The summed E-state index contributed by atoms with van der Waals surface area (Å²) >= 11 is 6.28. The van der Waals surface area contributed by atoms with E-state index in [1.807, 2.05) is 0 Å². The van der Waals surface area contributed by atoms with Crippen LogP contribution in [0.15, 0.2) is 71.3 Å². The average Bonchev–Trinajstić information content (AvgIpc) is 3.74. The number of hydrazine groups is 1. The van der Waals surface area contributed by atoms with Crippen molar-refractivity contribution in [3.8, 4) is 5.75 Å². The molecule has 39 heavy (non-hydrogen) atoms. The predicted molar refractivity (Wildman–Crippen MR) is 137 cm³/mol. The molecule has 0 unspecified atom stereocenters. The number of ether oxygens (including phenoxy) is 1. The lowest BCUT2D eigenvalue weighted by atomic mass is 9.81. The second-order valence-electron chi connectivity index (χ2n) is 10.0. The summed E-state index contributed by atoms with van der Waals surface area (Å²) in [7, 11) is 0. The van der Waals surface area contributed by atoms with E-state index >= 15 is 0 Å². The Labute approximate surface area is 228 Å². The fourth-order valence-corrected chi connectivity index (χ4v) is 6.34. The number of carbonyl (C=O) groups is 5. The third kappa shape index (κ3) is 4.32.